The molecule has 208 valence electrons. The van der Waals surface area contributed by atoms with E-state index in [1.807, 2.05) is 30.3 Å². The number of carbonyl (C=O) groups excluding carboxylic acids is 1. The summed E-state index contributed by atoms with van der Waals surface area (Å²) in [5.74, 6) is 0.111. The second-order valence-corrected chi connectivity index (χ2v) is 12.1. The molecule has 1 unspecified atom stereocenters. The van der Waals surface area contributed by atoms with Crippen LogP contribution in [-0.4, -0.2) is 31.0 Å². The lowest BCUT2D eigenvalue weighted by atomic mass is 9.70. The number of piperidine rings is 1. The van der Waals surface area contributed by atoms with Crippen LogP contribution in [0.3, 0.4) is 0 Å². The summed E-state index contributed by atoms with van der Waals surface area (Å²) in [7, 11) is 1.68. The Kier molecular flexibility index (Phi) is 8.69. The molecule has 0 saturated carbocycles. The number of amides is 1. The van der Waals surface area contributed by atoms with E-state index in [1.54, 1.807) is 7.05 Å². The van der Waals surface area contributed by atoms with E-state index in [9.17, 15) is 4.79 Å². The molecule has 1 aromatic heterocycles. The van der Waals surface area contributed by atoms with Crippen LogP contribution >= 0.6 is 34.5 Å². The lowest BCUT2D eigenvalue weighted by Gasteiger charge is -2.43. The van der Waals surface area contributed by atoms with Crippen molar-refractivity contribution in [3.63, 3.8) is 0 Å². The first-order valence-electron chi connectivity index (χ1n) is 13.7. The molecular weight excluding hydrogens is 559 g/mol. The number of halogens is 2. The average Bonchev–Trinajstić information content (AvgIpc) is 3.44. The van der Waals surface area contributed by atoms with Gasteiger partial charge in [-0.2, -0.15) is 0 Å². The quantitative estimate of drug-likeness (QED) is 0.220. The Morgan fingerprint density at radius 3 is 2.45 bits per heavy atom. The van der Waals surface area contributed by atoms with Crippen LogP contribution in [-0.2, 0) is 11.8 Å². The Morgan fingerprint density at radius 1 is 1.07 bits per heavy atom. The number of aromatic nitrogens is 1. The molecule has 0 spiro atoms. The number of carbonyl (C=O) groups is 1. The molecule has 8 heteroatoms. The molecule has 0 bridgehead atoms. The summed E-state index contributed by atoms with van der Waals surface area (Å²) in [6, 6.07) is 22.6. The number of nitrogens with zero attached hydrogens (tertiary/aromatic N) is 2. The van der Waals surface area contributed by atoms with Gasteiger partial charge in [-0.3, -0.25) is 4.79 Å². The first-order chi connectivity index (χ1) is 19.4. The second kappa shape index (κ2) is 12.2. The molecule has 1 amide bonds. The zero-order valence-corrected chi connectivity index (χ0v) is 25.1. The lowest BCUT2D eigenvalue weighted by Crippen LogP contribution is -2.44. The molecule has 1 atom stereocenters. The summed E-state index contributed by atoms with van der Waals surface area (Å²) in [6.07, 6.45) is 3.42. The standard InChI is InChI=1S/C32H34Cl2N4OS/c1-3-21(22-12-13-26(33)27(34)19-22)18-25-24(30(39)36-2)10-7-11-28(25)38-16-14-32(15-17-38,23-8-5-4-6-9-23)29-20-40-31(35)37-29/h4-13,19-21H,3,14-18H2,1-2H3,(H2,35,37)(H,36,39). The number of nitrogens with one attached hydrogen (secondary N) is 1. The number of anilines is 2. The number of hydrogen-bond donors (Lipinski definition) is 2. The molecule has 5 nitrogen and oxygen atoms in total. The summed E-state index contributed by atoms with van der Waals surface area (Å²) in [5.41, 5.74) is 12.2. The Labute approximate surface area is 250 Å². The van der Waals surface area contributed by atoms with E-state index in [2.05, 4.69) is 58.9 Å². The summed E-state index contributed by atoms with van der Waals surface area (Å²) >= 11 is 14.1. The molecule has 1 aliphatic heterocycles. The van der Waals surface area contributed by atoms with Crippen molar-refractivity contribution < 1.29 is 4.79 Å². The van der Waals surface area contributed by atoms with Crippen LogP contribution in [0.5, 0.6) is 0 Å². The van der Waals surface area contributed by atoms with Gasteiger partial charge in [-0.05, 0) is 72.6 Å². The zero-order chi connectivity index (χ0) is 28.3. The summed E-state index contributed by atoms with van der Waals surface area (Å²) < 4.78 is 0. The zero-order valence-electron chi connectivity index (χ0n) is 22.8. The van der Waals surface area contributed by atoms with Crippen molar-refractivity contribution in [1.29, 1.82) is 0 Å². The molecule has 3 aromatic carbocycles. The molecule has 5 rings (SSSR count). The summed E-state index contributed by atoms with van der Waals surface area (Å²) in [4.78, 5) is 20.2. The Balaban J connectivity index is 1.50. The maximum absolute atomic E-state index is 13.1. The van der Waals surface area contributed by atoms with Crippen LogP contribution in [0.1, 0.15) is 64.8 Å². The van der Waals surface area contributed by atoms with Crippen molar-refractivity contribution in [1.82, 2.24) is 10.3 Å². The summed E-state index contributed by atoms with van der Waals surface area (Å²) in [5, 5.41) is 6.65. The van der Waals surface area contributed by atoms with Crippen molar-refractivity contribution in [3.05, 3.63) is 110 Å². The molecule has 2 heterocycles. The predicted molar refractivity (Wildman–Crippen MR) is 168 cm³/mol. The Bertz CT molecular complexity index is 1480. The maximum Gasteiger partial charge on any atom is 0.251 e. The third-order valence-electron chi connectivity index (χ3n) is 8.28. The number of thiazole rings is 1. The molecule has 4 aromatic rings. The normalized spacial score (nSPS) is 15.6. The number of nitrogen functional groups attached to an aromatic ring is 1. The molecule has 3 N–H and O–H groups in total. The van der Waals surface area contributed by atoms with Crippen LogP contribution in [0.15, 0.2) is 72.1 Å². The minimum absolute atomic E-state index is 0.0746. The van der Waals surface area contributed by atoms with Gasteiger partial charge in [0.1, 0.15) is 0 Å². The van der Waals surface area contributed by atoms with E-state index < -0.39 is 0 Å². The third-order valence-corrected chi connectivity index (χ3v) is 9.69. The number of rotatable bonds is 8. The minimum Gasteiger partial charge on any atom is -0.375 e. The molecular formula is C32H34Cl2N4OS. The molecule has 1 saturated heterocycles. The van der Waals surface area contributed by atoms with Gasteiger partial charge >= 0.3 is 0 Å². The van der Waals surface area contributed by atoms with E-state index in [-0.39, 0.29) is 17.2 Å². The molecule has 1 aliphatic rings. The number of benzene rings is 3. The van der Waals surface area contributed by atoms with Gasteiger partial charge in [-0.1, -0.05) is 72.6 Å². The van der Waals surface area contributed by atoms with Gasteiger partial charge in [0.15, 0.2) is 5.13 Å². The fraction of sp³-hybridized carbons (Fsp3) is 0.312. The Hall–Kier alpha value is -3.06. The van der Waals surface area contributed by atoms with Crippen LogP contribution in [0.25, 0.3) is 0 Å². The smallest absolute Gasteiger partial charge is 0.251 e. The van der Waals surface area contributed by atoms with Crippen LogP contribution < -0.4 is 16.0 Å². The van der Waals surface area contributed by atoms with Gasteiger partial charge < -0.3 is 16.0 Å². The SMILES string of the molecule is CCC(Cc1c(C(=O)NC)cccc1N1CCC(c2ccccc2)(c2csc(N)n2)CC1)c1ccc(Cl)c(Cl)c1. The van der Waals surface area contributed by atoms with Gasteiger partial charge in [-0.15, -0.1) is 11.3 Å². The lowest BCUT2D eigenvalue weighted by molar-refractivity contribution is 0.0962. The van der Waals surface area contributed by atoms with Crippen molar-refractivity contribution in [2.45, 2.75) is 43.9 Å². The van der Waals surface area contributed by atoms with E-state index in [0.29, 0.717) is 20.7 Å². The van der Waals surface area contributed by atoms with Crippen molar-refractivity contribution >= 4 is 51.3 Å². The average molecular weight is 594 g/mol. The monoisotopic (exact) mass is 592 g/mol. The van der Waals surface area contributed by atoms with Crippen LogP contribution in [0.4, 0.5) is 10.8 Å². The predicted octanol–water partition coefficient (Wildman–Crippen LogP) is 7.71. The first kappa shape index (κ1) is 28.5. The first-order valence-corrected chi connectivity index (χ1v) is 15.3. The van der Waals surface area contributed by atoms with Crippen molar-refractivity contribution in [3.8, 4) is 0 Å². The minimum atomic E-state index is -0.198. The van der Waals surface area contributed by atoms with Crippen LogP contribution in [0.2, 0.25) is 10.0 Å². The van der Waals surface area contributed by atoms with Crippen LogP contribution in [0, 0.1) is 0 Å². The van der Waals surface area contributed by atoms with E-state index >= 15 is 0 Å². The van der Waals surface area contributed by atoms with Gasteiger partial charge in [-0.25, -0.2) is 4.98 Å². The highest BCUT2D eigenvalue weighted by Gasteiger charge is 2.40. The Morgan fingerprint density at radius 2 is 1.82 bits per heavy atom. The highest BCUT2D eigenvalue weighted by molar-refractivity contribution is 7.13. The van der Waals surface area contributed by atoms with E-state index in [4.69, 9.17) is 33.9 Å². The van der Waals surface area contributed by atoms with Crippen molar-refractivity contribution in [2.24, 2.45) is 0 Å². The van der Waals surface area contributed by atoms with Gasteiger partial charge in [0.05, 0.1) is 15.7 Å². The maximum atomic E-state index is 13.1. The van der Waals surface area contributed by atoms with Gasteiger partial charge in [0, 0.05) is 42.2 Å². The van der Waals surface area contributed by atoms with Gasteiger partial charge in [0.2, 0.25) is 0 Å². The summed E-state index contributed by atoms with van der Waals surface area (Å²) in [6.45, 7) is 3.84. The third kappa shape index (κ3) is 5.58. The number of nitrogens with two attached hydrogens (primary N) is 1. The molecule has 0 radical (unpaired) electrons. The van der Waals surface area contributed by atoms with E-state index in [1.165, 1.54) is 16.9 Å². The number of hydrogen-bond acceptors (Lipinski definition) is 5. The fourth-order valence-corrected chi connectivity index (χ4v) is 7.00. The molecule has 40 heavy (non-hydrogen) atoms. The topological polar surface area (TPSA) is 71.2 Å². The molecule has 1 fully saturated rings. The van der Waals surface area contributed by atoms with Crippen molar-refractivity contribution in [2.75, 3.05) is 30.8 Å². The van der Waals surface area contributed by atoms with Gasteiger partial charge in [0.25, 0.3) is 5.91 Å². The highest BCUT2D eigenvalue weighted by Crippen LogP contribution is 2.44. The second-order valence-electron chi connectivity index (χ2n) is 10.4. The van der Waals surface area contributed by atoms with E-state index in [0.717, 1.165) is 61.3 Å². The molecule has 0 aliphatic carbocycles. The highest BCUT2D eigenvalue weighted by atomic mass is 35.5. The largest absolute Gasteiger partial charge is 0.375 e. The fourth-order valence-electron chi connectivity index (χ4n) is 6.03.